The van der Waals surface area contributed by atoms with Crippen molar-refractivity contribution in [3.05, 3.63) is 17.0 Å². The van der Waals surface area contributed by atoms with Crippen molar-refractivity contribution in [1.29, 1.82) is 0 Å². The van der Waals surface area contributed by atoms with Crippen LogP contribution >= 0.6 is 24.0 Å². The van der Waals surface area contributed by atoms with Gasteiger partial charge in [0.05, 0.1) is 12.3 Å². The summed E-state index contributed by atoms with van der Waals surface area (Å²) in [5.41, 5.74) is 2.52. The molecule has 0 aromatic carbocycles. The zero-order valence-electron chi connectivity index (χ0n) is 15.6. The second kappa shape index (κ2) is 9.21. The van der Waals surface area contributed by atoms with E-state index in [0.29, 0.717) is 5.41 Å². The second-order valence-electron chi connectivity index (χ2n) is 7.21. The summed E-state index contributed by atoms with van der Waals surface area (Å²) in [6.45, 7) is 8.77. The summed E-state index contributed by atoms with van der Waals surface area (Å²) in [6, 6.07) is 0. The number of ether oxygens (including phenoxy) is 1. The Kier molecular flexibility index (Phi) is 7.54. The quantitative estimate of drug-likeness (QED) is 0.425. The number of rotatable bonds is 3. The Morgan fingerprint density at radius 3 is 2.76 bits per heavy atom. The standard InChI is InChI=1S/C18H30N4O2.HI/c1-14-16(15(2)24-21-14)6-9-20-17(19-3)22-10-4-7-18(12-22)8-5-11-23-13-18;/h4-13H2,1-3H3,(H,19,20);1H. The summed E-state index contributed by atoms with van der Waals surface area (Å²) in [4.78, 5) is 6.91. The second-order valence-corrected chi connectivity index (χ2v) is 7.21. The summed E-state index contributed by atoms with van der Waals surface area (Å²) in [5, 5.41) is 7.54. The van der Waals surface area contributed by atoms with Crippen molar-refractivity contribution in [3.63, 3.8) is 0 Å². The number of likely N-dealkylation sites (tertiary alicyclic amines) is 1. The molecular formula is C18H31IN4O2. The molecule has 25 heavy (non-hydrogen) atoms. The van der Waals surface area contributed by atoms with Crippen LogP contribution in [0, 0.1) is 19.3 Å². The first-order valence-corrected chi connectivity index (χ1v) is 9.09. The van der Waals surface area contributed by atoms with Gasteiger partial charge in [0.15, 0.2) is 5.96 Å². The van der Waals surface area contributed by atoms with Crippen LogP contribution in [0.15, 0.2) is 9.52 Å². The molecule has 2 aliphatic heterocycles. The van der Waals surface area contributed by atoms with E-state index in [-0.39, 0.29) is 24.0 Å². The van der Waals surface area contributed by atoms with Crippen molar-refractivity contribution in [2.24, 2.45) is 10.4 Å². The van der Waals surface area contributed by atoms with Gasteiger partial charge in [0.25, 0.3) is 0 Å². The SMILES string of the molecule is CN=C(NCCc1c(C)noc1C)N1CCCC2(CCCOC2)C1.I. The first-order chi connectivity index (χ1) is 11.6. The summed E-state index contributed by atoms with van der Waals surface area (Å²) < 4.78 is 11.0. The highest BCUT2D eigenvalue weighted by Gasteiger charge is 2.38. The fourth-order valence-corrected chi connectivity index (χ4v) is 4.11. The molecule has 2 saturated heterocycles. The molecule has 0 radical (unpaired) electrons. The Hall–Kier alpha value is -0.830. The summed E-state index contributed by atoms with van der Waals surface area (Å²) in [5.74, 6) is 1.92. The molecule has 2 fully saturated rings. The van der Waals surface area contributed by atoms with Gasteiger partial charge in [0.2, 0.25) is 0 Å². The molecule has 7 heteroatoms. The van der Waals surface area contributed by atoms with Crippen LogP contribution in [0.1, 0.15) is 42.7 Å². The maximum Gasteiger partial charge on any atom is 0.193 e. The maximum atomic E-state index is 5.78. The normalized spacial score (nSPS) is 24.3. The molecule has 142 valence electrons. The third-order valence-electron chi connectivity index (χ3n) is 5.42. The number of guanidine groups is 1. The van der Waals surface area contributed by atoms with Gasteiger partial charge in [0.1, 0.15) is 5.76 Å². The summed E-state index contributed by atoms with van der Waals surface area (Å²) >= 11 is 0. The van der Waals surface area contributed by atoms with E-state index in [4.69, 9.17) is 9.26 Å². The van der Waals surface area contributed by atoms with Crippen LogP contribution in [0.2, 0.25) is 0 Å². The van der Waals surface area contributed by atoms with Gasteiger partial charge >= 0.3 is 0 Å². The highest BCUT2D eigenvalue weighted by atomic mass is 127. The zero-order chi connectivity index (χ0) is 17.0. The van der Waals surface area contributed by atoms with Crippen molar-refractivity contribution >= 4 is 29.9 Å². The molecule has 0 amide bonds. The lowest BCUT2D eigenvalue weighted by molar-refractivity contribution is -0.0370. The van der Waals surface area contributed by atoms with Crippen molar-refractivity contribution in [2.75, 3.05) is 39.9 Å². The molecule has 1 spiro atoms. The number of aliphatic imine (C=N–C) groups is 1. The van der Waals surface area contributed by atoms with Crippen LogP contribution in [-0.2, 0) is 11.2 Å². The van der Waals surface area contributed by atoms with Crippen LogP contribution in [0.25, 0.3) is 0 Å². The average Bonchev–Trinajstić information content (AvgIpc) is 2.91. The Bertz CT molecular complexity index is 557. The van der Waals surface area contributed by atoms with Crippen molar-refractivity contribution in [2.45, 2.75) is 46.0 Å². The van der Waals surface area contributed by atoms with Crippen molar-refractivity contribution in [3.8, 4) is 0 Å². The fourth-order valence-electron chi connectivity index (χ4n) is 4.11. The molecule has 2 aliphatic rings. The van der Waals surface area contributed by atoms with Crippen LogP contribution in [0.5, 0.6) is 0 Å². The lowest BCUT2D eigenvalue weighted by Crippen LogP contribution is -2.53. The molecule has 1 unspecified atom stereocenters. The minimum atomic E-state index is 0. The zero-order valence-corrected chi connectivity index (χ0v) is 18.0. The van der Waals surface area contributed by atoms with Crippen molar-refractivity contribution in [1.82, 2.24) is 15.4 Å². The lowest BCUT2D eigenvalue weighted by Gasteiger charge is -2.45. The smallest absolute Gasteiger partial charge is 0.193 e. The predicted molar refractivity (Wildman–Crippen MR) is 110 cm³/mol. The summed E-state index contributed by atoms with van der Waals surface area (Å²) in [7, 11) is 1.87. The topological polar surface area (TPSA) is 62.9 Å². The molecule has 1 aromatic rings. The van der Waals surface area contributed by atoms with Gasteiger partial charge in [-0.2, -0.15) is 0 Å². The Balaban J connectivity index is 0.00000225. The van der Waals surface area contributed by atoms with Gasteiger partial charge in [-0.25, -0.2) is 0 Å². The van der Waals surface area contributed by atoms with Gasteiger partial charge < -0.3 is 19.5 Å². The van der Waals surface area contributed by atoms with Crippen LogP contribution < -0.4 is 5.32 Å². The molecule has 1 N–H and O–H groups in total. The van der Waals surface area contributed by atoms with Gasteiger partial charge in [-0.15, -0.1) is 24.0 Å². The minimum Gasteiger partial charge on any atom is -0.381 e. The third-order valence-corrected chi connectivity index (χ3v) is 5.42. The van der Waals surface area contributed by atoms with Gasteiger partial charge in [-0.1, -0.05) is 5.16 Å². The number of nitrogens with one attached hydrogen (secondary N) is 1. The third kappa shape index (κ3) is 4.87. The number of hydrogen-bond donors (Lipinski definition) is 1. The molecule has 3 rings (SSSR count). The number of aromatic nitrogens is 1. The lowest BCUT2D eigenvalue weighted by atomic mass is 9.76. The highest BCUT2D eigenvalue weighted by Crippen LogP contribution is 2.37. The van der Waals surface area contributed by atoms with E-state index >= 15 is 0 Å². The molecule has 6 nitrogen and oxygen atoms in total. The molecule has 3 heterocycles. The van der Waals surface area contributed by atoms with Crippen LogP contribution in [-0.4, -0.2) is 55.9 Å². The van der Waals surface area contributed by atoms with E-state index < -0.39 is 0 Å². The molecule has 1 aromatic heterocycles. The summed E-state index contributed by atoms with van der Waals surface area (Å²) in [6.07, 6.45) is 5.86. The van der Waals surface area contributed by atoms with E-state index in [0.717, 1.165) is 56.7 Å². The first kappa shape index (κ1) is 20.5. The predicted octanol–water partition coefficient (Wildman–Crippen LogP) is 2.92. The largest absolute Gasteiger partial charge is 0.381 e. The molecular weight excluding hydrogens is 431 g/mol. The number of piperidine rings is 1. The maximum absolute atomic E-state index is 5.78. The number of halogens is 1. The van der Waals surface area contributed by atoms with E-state index in [1.165, 1.54) is 31.2 Å². The van der Waals surface area contributed by atoms with E-state index in [1.807, 2.05) is 20.9 Å². The minimum absolute atomic E-state index is 0. The van der Waals surface area contributed by atoms with Gasteiger partial charge in [-0.3, -0.25) is 4.99 Å². The van der Waals surface area contributed by atoms with Gasteiger partial charge in [0, 0.05) is 44.3 Å². The monoisotopic (exact) mass is 462 g/mol. The van der Waals surface area contributed by atoms with E-state index in [2.05, 4.69) is 20.4 Å². The Morgan fingerprint density at radius 2 is 2.12 bits per heavy atom. The fraction of sp³-hybridized carbons (Fsp3) is 0.778. The molecule has 0 saturated carbocycles. The molecule has 0 bridgehead atoms. The van der Waals surface area contributed by atoms with Crippen molar-refractivity contribution < 1.29 is 9.26 Å². The molecule has 1 atom stereocenters. The number of hydrogen-bond acceptors (Lipinski definition) is 4. The number of aryl methyl sites for hydroxylation is 2. The van der Waals surface area contributed by atoms with E-state index in [1.54, 1.807) is 0 Å². The Morgan fingerprint density at radius 1 is 1.32 bits per heavy atom. The first-order valence-electron chi connectivity index (χ1n) is 9.09. The number of nitrogens with zero attached hydrogens (tertiary/aromatic N) is 3. The van der Waals surface area contributed by atoms with Crippen LogP contribution in [0.4, 0.5) is 0 Å². The van der Waals surface area contributed by atoms with E-state index in [9.17, 15) is 0 Å². The molecule has 0 aliphatic carbocycles. The van der Waals surface area contributed by atoms with Crippen LogP contribution in [0.3, 0.4) is 0 Å². The Labute approximate surface area is 167 Å². The highest BCUT2D eigenvalue weighted by molar-refractivity contribution is 14.0. The van der Waals surface area contributed by atoms with Gasteiger partial charge in [-0.05, 0) is 46.0 Å². The average molecular weight is 462 g/mol.